The van der Waals surface area contributed by atoms with Crippen LogP contribution >= 0.6 is 0 Å². The Morgan fingerprint density at radius 1 is 1.11 bits per heavy atom. The molecule has 0 aliphatic carbocycles. The molecule has 146 valence electrons. The Balaban J connectivity index is 1.73. The van der Waals surface area contributed by atoms with Gasteiger partial charge in [-0.1, -0.05) is 12.1 Å². The van der Waals surface area contributed by atoms with E-state index in [1.165, 1.54) is 19.1 Å². The Bertz CT molecular complexity index is 972. The molecular weight excluding hydrogens is 364 g/mol. The lowest BCUT2D eigenvalue weighted by atomic mass is 9.93. The van der Waals surface area contributed by atoms with Gasteiger partial charge in [-0.05, 0) is 24.4 Å². The van der Waals surface area contributed by atoms with E-state index < -0.39 is 16.7 Å². The number of nitrogens with zero attached hydrogens (tertiary/aromatic N) is 2. The van der Waals surface area contributed by atoms with Gasteiger partial charge in [0, 0.05) is 49.6 Å². The lowest BCUT2D eigenvalue weighted by Gasteiger charge is -2.27. The number of carbonyl (C=O) groups is 3. The highest BCUT2D eigenvalue weighted by molar-refractivity contribution is 6.25. The average molecular weight is 384 g/mol. The second-order valence-electron chi connectivity index (χ2n) is 6.50. The molecule has 0 fully saturated rings. The third-order valence-corrected chi connectivity index (χ3v) is 4.54. The van der Waals surface area contributed by atoms with Gasteiger partial charge in [0.05, 0.1) is 10.5 Å². The van der Waals surface area contributed by atoms with Crippen molar-refractivity contribution in [3.05, 3.63) is 51.6 Å². The van der Waals surface area contributed by atoms with Crippen molar-refractivity contribution in [3.63, 3.8) is 0 Å². The lowest BCUT2D eigenvalue weighted by molar-refractivity contribution is -0.384. The minimum atomic E-state index is -0.548. The molecule has 3 amide bonds. The summed E-state index contributed by atoms with van der Waals surface area (Å²) in [5.74, 6) is -1.03. The van der Waals surface area contributed by atoms with E-state index in [4.69, 9.17) is 0 Å². The topological polar surface area (TPSA) is 122 Å². The van der Waals surface area contributed by atoms with E-state index in [1.54, 1.807) is 18.2 Å². The molecule has 1 heterocycles. The first-order valence-corrected chi connectivity index (χ1v) is 8.92. The third-order valence-electron chi connectivity index (χ3n) is 4.54. The molecule has 0 radical (unpaired) electrons. The van der Waals surface area contributed by atoms with E-state index in [2.05, 4.69) is 10.6 Å². The normalized spacial score (nSPS) is 13.1. The summed E-state index contributed by atoms with van der Waals surface area (Å²) in [6.45, 7) is 3.15. The molecule has 1 aliphatic rings. The summed E-state index contributed by atoms with van der Waals surface area (Å²) in [7, 11) is 0. The van der Waals surface area contributed by atoms with Crippen molar-refractivity contribution in [1.82, 2.24) is 15.5 Å². The van der Waals surface area contributed by atoms with Crippen molar-refractivity contribution in [2.24, 2.45) is 0 Å². The summed E-state index contributed by atoms with van der Waals surface area (Å²) < 4.78 is 0. The molecule has 1 aliphatic heterocycles. The molecule has 9 heteroatoms. The molecule has 0 bridgehead atoms. The van der Waals surface area contributed by atoms with Gasteiger partial charge < -0.3 is 10.6 Å². The maximum atomic E-state index is 12.8. The predicted octanol–water partition coefficient (Wildman–Crippen LogP) is 1.46. The van der Waals surface area contributed by atoms with Gasteiger partial charge in [0.1, 0.15) is 0 Å². The van der Waals surface area contributed by atoms with Crippen LogP contribution in [0.25, 0.3) is 10.8 Å². The monoisotopic (exact) mass is 384 g/mol. The van der Waals surface area contributed by atoms with Gasteiger partial charge in [-0.3, -0.25) is 29.4 Å². The van der Waals surface area contributed by atoms with E-state index >= 15 is 0 Å². The SMILES string of the molecule is CC(=O)NCCCNCCN1C(=O)c2cccc3cc([N+](=O)[O-])cc(c23)C1=O. The van der Waals surface area contributed by atoms with Crippen LogP contribution in [0.15, 0.2) is 30.3 Å². The molecule has 2 aromatic carbocycles. The Kier molecular flexibility index (Phi) is 5.65. The molecule has 2 aromatic rings. The van der Waals surface area contributed by atoms with Crippen molar-refractivity contribution in [3.8, 4) is 0 Å². The molecule has 3 rings (SSSR count). The predicted molar refractivity (Wildman–Crippen MR) is 102 cm³/mol. The van der Waals surface area contributed by atoms with Crippen LogP contribution in [-0.2, 0) is 4.79 Å². The number of rotatable bonds is 8. The van der Waals surface area contributed by atoms with Crippen LogP contribution < -0.4 is 10.6 Å². The Labute approximate surface area is 160 Å². The van der Waals surface area contributed by atoms with Gasteiger partial charge in [-0.2, -0.15) is 0 Å². The summed E-state index contributed by atoms with van der Waals surface area (Å²) in [4.78, 5) is 48.2. The summed E-state index contributed by atoms with van der Waals surface area (Å²) in [5, 5.41) is 17.9. The molecule has 2 N–H and O–H groups in total. The molecular formula is C19H20N4O5. The Morgan fingerprint density at radius 2 is 1.86 bits per heavy atom. The molecule has 9 nitrogen and oxygen atoms in total. The van der Waals surface area contributed by atoms with Crippen molar-refractivity contribution < 1.29 is 19.3 Å². The first kappa shape index (κ1) is 19.4. The second kappa shape index (κ2) is 8.13. The summed E-state index contributed by atoms with van der Waals surface area (Å²) in [6.07, 6.45) is 0.718. The fourth-order valence-corrected chi connectivity index (χ4v) is 3.24. The fraction of sp³-hybridized carbons (Fsp3) is 0.316. The van der Waals surface area contributed by atoms with Gasteiger partial charge >= 0.3 is 0 Å². The number of imide groups is 1. The van der Waals surface area contributed by atoms with Crippen LogP contribution in [0.1, 0.15) is 34.1 Å². The number of hydrogen-bond donors (Lipinski definition) is 2. The first-order valence-electron chi connectivity index (χ1n) is 8.92. The summed E-state index contributed by atoms with van der Waals surface area (Å²) in [5.41, 5.74) is 0.358. The zero-order chi connectivity index (χ0) is 20.3. The van der Waals surface area contributed by atoms with Crippen LogP contribution in [0.5, 0.6) is 0 Å². The van der Waals surface area contributed by atoms with E-state index in [0.29, 0.717) is 36.0 Å². The number of benzene rings is 2. The molecule has 0 saturated heterocycles. The minimum absolute atomic E-state index is 0.0913. The molecule has 28 heavy (non-hydrogen) atoms. The number of non-ortho nitro benzene ring substituents is 1. The van der Waals surface area contributed by atoms with Crippen molar-refractivity contribution in [2.75, 3.05) is 26.2 Å². The van der Waals surface area contributed by atoms with Gasteiger partial charge in [0.25, 0.3) is 17.5 Å². The second-order valence-corrected chi connectivity index (χ2v) is 6.50. The molecule has 0 aromatic heterocycles. The van der Waals surface area contributed by atoms with Crippen LogP contribution in [-0.4, -0.2) is 53.7 Å². The van der Waals surface area contributed by atoms with Gasteiger partial charge in [-0.25, -0.2) is 0 Å². The first-order chi connectivity index (χ1) is 13.4. The van der Waals surface area contributed by atoms with E-state index in [-0.39, 0.29) is 23.7 Å². The fourth-order valence-electron chi connectivity index (χ4n) is 3.24. The maximum Gasteiger partial charge on any atom is 0.270 e. The average Bonchev–Trinajstić information content (AvgIpc) is 2.66. The zero-order valence-electron chi connectivity index (χ0n) is 15.4. The third kappa shape index (κ3) is 3.84. The van der Waals surface area contributed by atoms with Crippen LogP contribution in [0.3, 0.4) is 0 Å². The van der Waals surface area contributed by atoms with Gasteiger partial charge in [0.2, 0.25) is 5.91 Å². The quantitative estimate of drug-likeness (QED) is 0.308. The number of amides is 3. The van der Waals surface area contributed by atoms with E-state index in [1.807, 2.05) is 0 Å². The number of carbonyl (C=O) groups excluding carboxylic acids is 3. The van der Waals surface area contributed by atoms with Crippen molar-refractivity contribution >= 4 is 34.2 Å². The highest BCUT2D eigenvalue weighted by Crippen LogP contribution is 2.33. The van der Waals surface area contributed by atoms with Crippen LogP contribution in [0, 0.1) is 10.1 Å². The number of hydrogen-bond acceptors (Lipinski definition) is 6. The van der Waals surface area contributed by atoms with E-state index in [9.17, 15) is 24.5 Å². The molecule has 0 saturated carbocycles. The Morgan fingerprint density at radius 3 is 2.57 bits per heavy atom. The molecule has 0 spiro atoms. The Hall–Kier alpha value is -3.33. The number of nitro groups is 1. The smallest absolute Gasteiger partial charge is 0.270 e. The van der Waals surface area contributed by atoms with Crippen molar-refractivity contribution in [1.29, 1.82) is 0 Å². The summed E-state index contributed by atoms with van der Waals surface area (Å²) >= 11 is 0. The number of nitro benzene ring substituents is 1. The largest absolute Gasteiger partial charge is 0.356 e. The highest BCUT2D eigenvalue weighted by atomic mass is 16.6. The van der Waals surface area contributed by atoms with Crippen molar-refractivity contribution in [2.45, 2.75) is 13.3 Å². The van der Waals surface area contributed by atoms with E-state index in [0.717, 1.165) is 11.3 Å². The zero-order valence-corrected chi connectivity index (χ0v) is 15.4. The summed E-state index contributed by atoms with van der Waals surface area (Å²) in [6, 6.07) is 7.53. The maximum absolute atomic E-state index is 12.8. The van der Waals surface area contributed by atoms with Gasteiger partial charge in [-0.15, -0.1) is 0 Å². The lowest BCUT2D eigenvalue weighted by Crippen LogP contribution is -2.44. The highest BCUT2D eigenvalue weighted by Gasteiger charge is 2.33. The molecule has 0 atom stereocenters. The van der Waals surface area contributed by atoms with Crippen LogP contribution in [0.4, 0.5) is 5.69 Å². The van der Waals surface area contributed by atoms with Gasteiger partial charge in [0.15, 0.2) is 0 Å². The number of nitrogens with one attached hydrogen (secondary N) is 2. The minimum Gasteiger partial charge on any atom is -0.356 e. The standard InChI is InChI=1S/C19H20N4O5/c1-12(24)21-7-3-6-20-8-9-22-18(25)15-5-2-4-13-10-14(23(27)28)11-16(17(13)15)19(22)26/h2,4-5,10-11,20H,3,6-9H2,1H3,(H,21,24). The molecule has 0 unspecified atom stereocenters. The van der Waals surface area contributed by atoms with Crippen LogP contribution in [0.2, 0.25) is 0 Å².